The molecule has 72 heavy (non-hydrogen) atoms. The maximum absolute atomic E-state index is 8.80. The zero-order chi connectivity index (χ0) is 50.9. The van der Waals surface area contributed by atoms with Crippen molar-refractivity contribution in [2.75, 3.05) is 0 Å². The van der Waals surface area contributed by atoms with E-state index in [4.69, 9.17) is 13.8 Å². The van der Waals surface area contributed by atoms with Gasteiger partial charge in [-0.05, 0) is 23.1 Å². The first-order chi connectivity index (χ1) is 36.4. The summed E-state index contributed by atoms with van der Waals surface area (Å²) in [5.41, 5.74) is 14.7. The smallest absolute Gasteiger partial charge is 0.0620 e. The van der Waals surface area contributed by atoms with E-state index in [0.717, 1.165) is 87.2 Å². The van der Waals surface area contributed by atoms with Gasteiger partial charge in [-0.2, -0.15) is 0 Å². The Labute approximate surface area is 431 Å². The number of hydrogen-bond donors (Lipinski definition) is 0. The van der Waals surface area contributed by atoms with E-state index in [1.807, 2.05) is 48.7 Å². The number of aryl methyl sites for hydroxylation is 1. The summed E-state index contributed by atoms with van der Waals surface area (Å²) in [6, 6.07) is 71.6. The van der Waals surface area contributed by atoms with Crippen molar-refractivity contribution in [3.8, 4) is 50.9 Å². The third kappa shape index (κ3) is 6.45. The summed E-state index contributed by atoms with van der Waals surface area (Å²) in [5.74, 6) is 1.54. The normalized spacial score (nSPS) is 13.0. The van der Waals surface area contributed by atoms with Crippen molar-refractivity contribution in [2.24, 2.45) is 0 Å². The number of ether oxygens (including phenoxy) is 1. The van der Waals surface area contributed by atoms with Gasteiger partial charge in [0.2, 0.25) is 0 Å². The van der Waals surface area contributed by atoms with Crippen molar-refractivity contribution in [3.63, 3.8) is 0 Å². The van der Waals surface area contributed by atoms with E-state index in [0.29, 0.717) is 5.75 Å². The Kier molecular flexibility index (Phi) is 8.82. The summed E-state index contributed by atoms with van der Waals surface area (Å²) in [6.07, 6.45) is 1.90. The summed E-state index contributed by atoms with van der Waals surface area (Å²) in [4.78, 5) is 5.05. The maximum atomic E-state index is 8.80. The van der Waals surface area contributed by atoms with Crippen molar-refractivity contribution < 1.29 is 28.2 Å². The molecule has 5 heterocycles. The third-order valence-electron chi connectivity index (χ3n) is 14.5. The minimum atomic E-state index is -2.47. The first-order valence-electron chi connectivity index (χ1n) is 25.8. The van der Waals surface area contributed by atoms with Gasteiger partial charge >= 0.3 is 305 Å². The number of rotatable bonds is 7. The molecule has 14 rings (SSSR count). The number of aromatic nitrogens is 5. The maximum Gasteiger partial charge on any atom is 0.0620 e. The second-order valence-electron chi connectivity index (χ2n) is 19.7. The van der Waals surface area contributed by atoms with Gasteiger partial charge in [0.05, 0.1) is 16.6 Å². The Morgan fingerprint density at radius 3 is 1.82 bits per heavy atom. The summed E-state index contributed by atoms with van der Waals surface area (Å²) in [5, 5.41) is 6.97. The van der Waals surface area contributed by atoms with Gasteiger partial charge in [0.25, 0.3) is 0 Å². The third-order valence-corrected chi connectivity index (χ3v) is 15.5. The van der Waals surface area contributed by atoms with Crippen LogP contribution in [0.1, 0.15) is 36.0 Å². The molecule has 0 saturated carbocycles. The first-order valence-corrected chi connectivity index (χ1v) is 25.4. The minimum absolute atomic E-state index is 0.118. The van der Waals surface area contributed by atoms with Crippen molar-refractivity contribution in [1.82, 2.24) is 23.1 Å². The van der Waals surface area contributed by atoms with Crippen LogP contribution in [0.15, 0.2) is 212 Å². The Morgan fingerprint density at radius 1 is 0.486 bits per heavy atom. The van der Waals surface area contributed by atoms with Crippen molar-refractivity contribution >= 4 is 70.9 Å². The molecule has 0 spiro atoms. The van der Waals surface area contributed by atoms with Crippen LogP contribution in [0.4, 0.5) is 0 Å². The largest absolute Gasteiger partial charge is 0.0620 e. The van der Waals surface area contributed by atoms with Crippen molar-refractivity contribution in [3.05, 3.63) is 227 Å². The fraction of sp³-hybridized carbons (Fsp3) is 0.0769. The molecule has 0 N–H and O–H groups in total. The molecular weight excluding hydrogens is 1060 g/mol. The molecule has 0 saturated heterocycles. The first kappa shape index (κ1) is 39.4. The van der Waals surface area contributed by atoms with Crippen LogP contribution in [0.2, 0.25) is 0 Å². The Balaban J connectivity index is 0.972. The predicted octanol–water partition coefficient (Wildman–Crippen LogP) is 16.9. The SMILES string of the molecule is [2H]C([2H])([2H])c1ccc(-n2[c](=[Pt])n(-c3c(-c4ccccc4)cccc3-c3ccccc3)c3ccccc32)cc1Oc1ccc2c3cc4c5cccc6c7ccccc7n(c4cc3n(-c3cc(C(C)(C)C)ccn3)c2c1)c65. The number of nitrogens with zero attached hydrogens (tertiary/aromatic N) is 5. The Hall–Kier alpha value is -8.31. The number of imidazole rings is 1. The molecule has 0 aliphatic heterocycles. The van der Waals surface area contributed by atoms with E-state index >= 15 is 0 Å². The molecule has 0 aliphatic rings. The van der Waals surface area contributed by atoms with Crippen LogP contribution in [-0.4, -0.2) is 23.1 Å². The van der Waals surface area contributed by atoms with Crippen LogP contribution >= 0.6 is 0 Å². The Morgan fingerprint density at radius 2 is 1.10 bits per heavy atom. The van der Waals surface area contributed by atoms with Gasteiger partial charge in [-0.15, -0.1) is 0 Å². The molecule has 0 atom stereocenters. The van der Waals surface area contributed by atoms with Gasteiger partial charge in [0.1, 0.15) is 0 Å². The summed E-state index contributed by atoms with van der Waals surface area (Å²) < 4.78 is 43.4. The van der Waals surface area contributed by atoms with E-state index in [1.165, 1.54) is 32.6 Å². The summed E-state index contributed by atoms with van der Waals surface area (Å²) >= 11 is 2.42. The van der Waals surface area contributed by atoms with Crippen LogP contribution in [-0.2, 0) is 24.8 Å². The molecule has 0 radical (unpaired) electrons. The molecule has 0 bridgehead atoms. The zero-order valence-corrected chi connectivity index (χ0v) is 41.9. The number of benzene rings is 9. The second kappa shape index (κ2) is 16.1. The Bertz CT molecular complexity index is 4620. The van der Waals surface area contributed by atoms with Gasteiger partial charge in [-0.25, -0.2) is 0 Å². The quantitative estimate of drug-likeness (QED) is 0.160. The molecule has 14 aromatic rings. The van der Waals surface area contributed by atoms with E-state index < -0.39 is 6.85 Å². The van der Waals surface area contributed by atoms with E-state index in [9.17, 15) is 0 Å². The number of fused-ring (bicyclic) bond motifs is 10. The van der Waals surface area contributed by atoms with E-state index in [2.05, 4.69) is 216 Å². The van der Waals surface area contributed by atoms with Gasteiger partial charge in [-0.3, -0.25) is 0 Å². The van der Waals surface area contributed by atoms with Crippen molar-refractivity contribution in [1.29, 1.82) is 0 Å². The monoisotopic (exact) mass is 1110 g/mol. The predicted molar refractivity (Wildman–Crippen MR) is 293 cm³/mol. The van der Waals surface area contributed by atoms with Crippen LogP contribution in [0, 0.1) is 10.7 Å². The molecule has 6 nitrogen and oxygen atoms in total. The number of para-hydroxylation sites is 5. The van der Waals surface area contributed by atoms with Gasteiger partial charge in [0, 0.05) is 27.7 Å². The van der Waals surface area contributed by atoms with Crippen LogP contribution in [0.25, 0.3) is 110 Å². The molecule has 0 unspecified atom stereocenters. The summed E-state index contributed by atoms with van der Waals surface area (Å²) in [6.45, 7) is 4.18. The standard InChI is InChI=1S/C65H47N5O.Pt/c1-41-29-30-45(67-40-68(57-28-14-13-27-56(57)67)63-47(42-17-7-5-8-18-42)22-15-23-48(63)43-19-9-6-10-20-43)36-61(41)71-46-31-32-50-53-38-54-52-25-16-24-51-49-21-11-12-26-55(49)70(64(51)52)60(54)39-59(53)69(58(50)37-46)62-35-44(33-34-66-62)65(2,3)4;/h5-39H,1-4H3;/i1D3;. The fourth-order valence-electron chi connectivity index (χ4n) is 11.2. The van der Waals surface area contributed by atoms with Gasteiger partial charge in [-0.1, -0.05) is 57.2 Å². The zero-order valence-electron chi connectivity index (χ0n) is 42.7. The van der Waals surface area contributed by atoms with E-state index in [-0.39, 0.29) is 16.7 Å². The molecule has 5 aromatic heterocycles. The molecule has 0 amide bonds. The number of pyridine rings is 1. The topological polar surface area (TPSA) is 41.3 Å². The molecule has 0 fully saturated rings. The molecule has 7 heteroatoms. The van der Waals surface area contributed by atoms with Crippen LogP contribution in [0.3, 0.4) is 0 Å². The van der Waals surface area contributed by atoms with Crippen molar-refractivity contribution in [2.45, 2.75) is 33.0 Å². The van der Waals surface area contributed by atoms with Gasteiger partial charge < -0.3 is 4.40 Å². The summed E-state index contributed by atoms with van der Waals surface area (Å²) in [7, 11) is 0. The van der Waals surface area contributed by atoms with E-state index in [1.54, 1.807) is 6.07 Å². The average Bonchev–Trinajstić information content (AvgIpc) is 4.27. The minimum Gasteiger partial charge on any atom is 0.0620 e. The van der Waals surface area contributed by atoms with Crippen LogP contribution in [0.5, 0.6) is 11.5 Å². The second-order valence-corrected chi connectivity index (χ2v) is 20.7. The molecule has 348 valence electrons. The average molecular weight is 1110 g/mol. The number of hydrogen-bond acceptors (Lipinski definition) is 2. The molecular formula is C65H47N5OPt. The molecule has 9 aromatic carbocycles. The fourth-order valence-corrected chi connectivity index (χ4v) is 12.2. The van der Waals surface area contributed by atoms with Crippen LogP contribution < -0.4 is 4.74 Å². The molecule has 0 aliphatic carbocycles. The van der Waals surface area contributed by atoms with Gasteiger partial charge in [0.15, 0.2) is 0 Å².